The molecule has 0 saturated carbocycles. The summed E-state index contributed by atoms with van der Waals surface area (Å²) in [5.74, 6) is -0.945. The zero-order valence-electron chi connectivity index (χ0n) is 14.6. The first-order valence-electron chi connectivity index (χ1n) is 7.69. The number of amides is 1. The molecule has 0 radical (unpaired) electrons. The van der Waals surface area contributed by atoms with Crippen LogP contribution in [0, 0.1) is 6.92 Å². The zero-order valence-corrected chi connectivity index (χ0v) is 16.2. The van der Waals surface area contributed by atoms with Crippen LogP contribution in [0.4, 0.5) is 5.69 Å². The van der Waals surface area contributed by atoms with Crippen molar-refractivity contribution in [2.45, 2.75) is 6.92 Å². The molecule has 1 aliphatic heterocycles. The summed E-state index contributed by atoms with van der Waals surface area (Å²) in [4.78, 5) is 12.7. The molecule has 0 fully saturated rings. The number of allylic oxidation sites excluding steroid dienone is 1. The molecule has 0 atom stereocenters. The number of carbonyl (C=O) groups excluding carboxylic acids is 1. The maximum absolute atomic E-state index is 12.7. The lowest BCUT2D eigenvalue weighted by Crippen LogP contribution is -2.35. The van der Waals surface area contributed by atoms with Crippen molar-refractivity contribution in [2.24, 2.45) is 11.4 Å². The van der Waals surface area contributed by atoms with Crippen LogP contribution >= 0.6 is 11.6 Å². The Morgan fingerprint density at radius 3 is 2.63 bits per heavy atom. The summed E-state index contributed by atoms with van der Waals surface area (Å²) >= 11 is 5.87. The van der Waals surface area contributed by atoms with Gasteiger partial charge in [0.25, 0.3) is 5.91 Å². The number of phenols is 1. The van der Waals surface area contributed by atoms with Gasteiger partial charge in [-0.2, -0.15) is 13.5 Å². The molecule has 1 aromatic heterocycles. The van der Waals surface area contributed by atoms with Crippen molar-refractivity contribution in [3.8, 4) is 5.75 Å². The Morgan fingerprint density at radius 2 is 2.00 bits per heavy atom. The summed E-state index contributed by atoms with van der Waals surface area (Å²) in [6, 6.07) is 4.13. The molecule has 0 bridgehead atoms. The summed E-state index contributed by atoms with van der Waals surface area (Å²) in [6.07, 6.45) is 2.83. The number of aromatic hydroxyl groups is 1. The Balaban J connectivity index is 2.02. The van der Waals surface area contributed by atoms with Crippen LogP contribution in [0.1, 0.15) is 11.3 Å². The van der Waals surface area contributed by atoms with Crippen LogP contribution in [-0.2, 0) is 22.1 Å². The molecule has 2 aromatic rings. The number of aromatic nitrogens is 2. The molecule has 142 valence electrons. The molecule has 11 heteroatoms. The number of hydrogen-bond acceptors (Lipinski definition) is 5. The van der Waals surface area contributed by atoms with Gasteiger partial charge < -0.3 is 10.4 Å². The van der Waals surface area contributed by atoms with Gasteiger partial charge in [0.2, 0.25) is 0 Å². The molecular weight excluding hydrogens is 394 g/mol. The highest BCUT2D eigenvalue weighted by atomic mass is 35.5. The van der Waals surface area contributed by atoms with E-state index in [4.69, 9.17) is 11.6 Å². The lowest BCUT2D eigenvalue weighted by Gasteiger charge is -2.23. The van der Waals surface area contributed by atoms with Crippen molar-refractivity contribution in [3.63, 3.8) is 0 Å². The van der Waals surface area contributed by atoms with Gasteiger partial charge in [-0.25, -0.2) is 4.31 Å². The van der Waals surface area contributed by atoms with Crippen molar-refractivity contribution in [1.82, 2.24) is 14.1 Å². The maximum Gasteiger partial charge on any atom is 0.345 e. The molecule has 0 aliphatic carbocycles. The highest BCUT2D eigenvalue weighted by Gasteiger charge is 2.31. The number of anilines is 1. The zero-order chi connectivity index (χ0) is 19.9. The number of halogens is 1. The predicted octanol–water partition coefficient (Wildman–Crippen LogP) is 1.59. The number of aryl methyl sites for hydroxylation is 1. The molecule has 0 spiro atoms. The number of phenolic OH excluding ortho intramolecular Hbond substituents is 1. The number of nitrogens with one attached hydrogen (secondary N) is 1. The fourth-order valence-corrected chi connectivity index (χ4v) is 3.52. The standard InChI is InChI=1S/C16H16ClN5O4S/c1-9-11(8-18-21(9)2)12-7-14(22(3)27(25,26)20-12)16(24)19-13-6-10(17)4-5-15(13)23/h4-8,23H,1-3H3,(H,19,24). The summed E-state index contributed by atoms with van der Waals surface area (Å²) < 4.78 is 30.9. The van der Waals surface area contributed by atoms with Crippen LogP contribution in [0.3, 0.4) is 0 Å². The van der Waals surface area contributed by atoms with Crippen LogP contribution in [0.2, 0.25) is 5.02 Å². The minimum absolute atomic E-state index is 0.0563. The van der Waals surface area contributed by atoms with E-state index in [2.05, 4.69) is 14.8 Å². The monoisotopic (exact) mass is 409 g/mol. The number of nitrogens with zero attached hydrogens (tertiary/aromatic N) is 4. The van der Waals surface area contributed by atoms with Gasteiger partial charge >= 0.3 is 10.2 Å². The molecule has 2 heterocycles. The molecule has 3 rings (SSSR count). The number of hydrogen-bond donors (Lipinski definition) is 2. The predicted molar refractivity (Wildman–Crippen MR) is 101 cm³/mol. The van der Waals surface area contributed by atoms with Crippen molar-refractivity contribution < 1.29 is 18.3 Å². The molecule has 2 N–H and O–H groups in total. The second-order valence-electron chi connectivity index (χ2n) is 5.83. The quantitative estimate of drug-likeness (QED) is 0.746. The normalized spacial score (nSPS) is 15.9. The average Bonchev–Trinajstić information content (AvgIpc) is 2.92. The maximum atomic E-state index is 12.7. The summed E-state index contributed by atoms with van der Waals surface area (Å²) in [5, 5.41) is 16.7. The van der Waals surface area contributed by atoms with Crippen LogP contribution in [0.25, 0.3) is 0 Å². The van der Waals surface area contributed by atoms with Gasteiger partial charge in [0.05, 0.1) is 17.6 Å². The first kappa shape index (κ1) is 18.9. The van der Waals surface area contributed by atoms with Crippen LogP contribution in [0.15, 0.2) is 40.6 Å². The minimum atomic E-state index is -4.10. The Morgan fingerprint density at radius 1 is 1.30 bits per heavy atom. The van der Waals surface area contributed by atoms with Crippen LogP contribution in [-0.4, -0.2) is 46.3 Å². The summed E-state index contributed by atoms with van der Waals surface area (Å²) in [7, 11) is -1.18. The molecule has 27 heavy (non-hydrogen) atoms. The smallest absolute Gasteiger partial charge is 0.345 e. The number of rotatable bonds is 3. The van der Waals surface area contributed by atoms with Gasteiger partial charge in [0.1, 0.15) is 11.4 Å². The van der Waals surface area contributed by atoms with E-state index < -0.39 is 16.1 Å². The van der Waals surface area contributed by atoms with E-state index in [1.807, 2.05) is 0 Å². The second-order valence-corrected chi connectivity index (χ2v) is 7.90. The van der Waals surface area contributed by atoms with Crippen molar-refractivity contribution in [3.05, 3.63) is 52.4 Å². The highest BCUT2D eigenvalue weighted by molar-refractivity contribution is 7.88. The van der Waals surface area contributed by atoms with E-state index in [-0.39, 0.29) is 22.8 Å². The Labute approximate surface area is 160 Å². The van der Waals surface area contributed by atoms with Gasteiger partial charge in [0.15, 0.2) is 0 Å². The molecule has 0 unspecified atom stereocenters. The van der Waals surface area contributed by atoms with Gasteiger partial charge in [-0.15, -0.1) is 4.40 Å². The molecule has 1 aliphatic rings. The number of benzene rings is 1. The third-order valence-electron chi connectivity index (χ3n) is 4.12. The van der Waals surface area contributed by atoms with E-state index in [1.165, 1.54) is 37.5 Å². The summed E-state index contributed by atoms with van der Waals surface area (Å²) in [6.45, 7) is 1.76. The fourth-order valence-electron chi connectivity index (χ4n) is 2.44. The van der Waals surface area contributed by atoms with E-state index in [9.17, 15) is 18.3 Å². The van der Waals surface area contributed by atoms with Crippen molar-refractivity contribution in [2.75, 3.05) is 12.4 Å². The Hall–Kier alpha value is -2.85. The Bertz CT molecular complexity index is 1100. The highest BCUT2D eigenvalue weighted by Crippen LogP contribution is 2.28. The average molecular weight is 410 g/mol. The van der Waals surface area contributed by atoms with Crippen molar-refractivity contribution in [1.29, 1.82) is 0 Å². The third-order valence-corrected chi connectivity index (χ3v) is 5.67. The fraction of sp³-hybridized carbons (Fsp3) is 0.188. The lowest BCUT2D eigenvalue weighted by molar-refractivity contribution is -0.113. The van der Waals surface area contributed by atoms with Gasteiger partial charge in [0, 0.05) is 30.4 Å². The first-order chi connectivity index (χ1) is 12.6. The number of likely N-dealkylation sites (N-methyl/N-ethyl adjacent to an activating group) is 1. The van der Waals surface area contributed by atoms with Crippen LogP contribution < -0.4 is 5.32 Å². The van der Waals surface area contributed by atoms with E-state index in [0.717, 1.165) is 4.31 Å². The number of carbonyl (C=O) groups is 1. The van der Waals surface area contributed by atoms with E-state index >= 15 is 0 Å². The SMILES string of the molecule is Cc1c(C2=NS(=O)(=O)N(C)C(C(=O)Nc3cc(Cl)ccc3O)=C2)cnn1C. The second kappa shape index (κ2) is 6.71. The topological polar surface area (TPSA) is 117 Å². The summed E-state index contributed by atoms with van der Waals surface area (Å²) in [5.41, 5.74) is 1.17. The first-order valence-corrected chi connectivity index (χ1v) is 9.47. The third kappa shape index (κ3) is 3.53. The van der Waals surface area contributed by atoms with Gasteiger partial charge in [-0.05, 0) is 31.2 Å². The molecule has 1 aromatic carbocycles. The molecule has 0 saturated heterocycles. The Kier molecular flexibility index (Phi) is 4.70. The van der Waals surface area contributed by atoms with Gasteiger partial charge in [-0.1, -0.05) is 11.6 Å². The minimum Gasteiger partial charge on any atom is -0.506 e. The van der Waals surface area contributed by atoms with Crippen molar-refractivity contribution >= 4 is 39.1 Å². The van der Waals surface area contributed by atoms with Crippen LogP contribution in [0.5, 0.6) is 5.75 Å². The lowest BCUT2D eigenvalue weighted by atomic mass is 10.1. The molecular formula is C16H16ClN5O4S. The molecule has 9 nitrogen and oxygen atoms in total. The van der Waals surface area contributed by atoms with Gasteiger partial charge in [-0.3, -0.25) is 9.48 Å². The largest absolute Gasteiger partial charge is 0.506 e. The molecule has 1 amide bonds. The van der Waals surface area contributed by atoms with E-state index in [1.54, 1.807) is 18.7 Å². The van der Waals surface area contributed by atoms with E-state index in [0.29, 0.717) is 16.3 Å².